The van der Waals surface area contributed by atoms with Crippen LogP contribution in [0, 0.1) is 6.92 Å². The third kappa shape index (κ3) is 5.57. The molecule has 26 heavy (non-hydrogen) atoms. The van der Waals surface area contributed by atoms with Gasteiger partial charge in [-0.1, -0.05) is 29.8 Å². The number of carbonyl (C=O) groups is 1. The standard InChI is InChI=1S/C19H23NO5S/c1-13(2)25-16-8-6-15(7-9-16)18(12-19(21)22)20-26(23,24)17-10-4-14(3)5-11-17/h4-11,13,18,20H,12H2,1-3H3,(H,21,22)/t18-/m1/s1. The Morgan fingerprint density at radius 3 is 2.15 bits per heavy atom. The van der Waals surface area contributed by atoms with Gasteiger partial charge in [0.15, 0.2) is 0 Å². The fourth-order valence-corrected chi connectivity index (χ4v) is 3.65. The first-order valence-corrected chi connectivity index (χ1v) is 9.73. The predicted octanol–water partition coefficient (Wildman–Crippen LogP) is 3.28. The molecule has 2 N–H and O–H groups in total. The Morgan fingerprint density at radius 2 is 1.65 bits per heavy atom. The van der Waals surface area contributed by atoms with Crippen molar-refractivity contribution < 1.29 is 23.1 Å². The first kappa shape index (κ1) is 19.9. The van der Waals surface area contributed by atoms with Gasteiger partial charge in [-0.2, -0.15) is 0 Å². The first-order valence-electron chi connectivity index (χ1n) is 8.25. The fraction of sp³-hybridized carbons (Fsp3) is 0.316. The summed E-state index contributed by atoms with van der Waals surface area (Å²) in [5.74, 6) is -0.455. The minimum atomic E-state index is -3.84. The van der Waals surface area contributed by atoms with E-state index in [2.05, 4.69) is 4.72 Å². The van der Waals surface area contributed by atoms with E-state index < -0.39 is 22.0 Å². The van der Waals surface area contributed by atoms with Gasteiger partial charge in [0.2, 0.25) is 10.0 Å². The lowest BCUT2D eigenvalue weighted by molar-refractivity contribution is -0.137. The van der Waals surface area contributed by atoms with Gasteiger partial charge in [-0.05, 0) is 50.6 Å². The number of hydrogen-bond donors (Lipinski definition) is 2. The maximum absolute atomic E-state index is 12.6. The lowest BCUT2D eigenvalue weighted by Crippen LogP contribution is -2.30. The zero-order valence-electron chi connectivity index (χ0n) is 15.0. The van der Waals surface area contributed by atoms with Crippen LogP contribution >= 0.6 is 0 Å². The summed E-state index contributed by atoms with van der Waals surface area (Å²) >= 11 is 0. The van der Waals surface area contributed by atoms with Gasteiger partial charge in [-0.15, -0.1) is 0 Å². The predicted molar refractivity (Wildman–Crippen MR) is 98.7 cm³/mol. The molecular formula is C19H23NO5S. The average molecular weight is 377 g/mol. The minimum absolute atomic E-state index is 0.00991. The van der Waals surface area contributed by atoms with Crippen LogP contribution in [0.1, 0.15) is 37.4 Å². The molecule has 140 valence electrons. The number of hydrogen-bond acceptors (Lipinski definition) is 4. The maximum Gasteiger partial charge on any atom is 0.305 e. The Labute approximate surface area is 153 Å². The van der Waals surface area contributed by atoms with Crippen molar-refractivity contribution >= 4 is 16.0 Å². The van der Waals surface area contributed by atoms with Gasteiger partial charge in [0.1, 0.15) is 5.75 Å². The Balaban J connectivity index is 2.26. The summed E-state index contributed by atoms with van der Waals surface area (Å²) in [6, 6.07) is 12.2. The van der Waals surface area contributed by atoms with Crippen LogP contribution in [0.3, 0.4) is 0 Å². The molecule has 0 unspecified atom stereocenters. The highest BCUT2D eigenvalue weighted by atomic mass is 32.2. The van der Waals surface area contributed by atoms with Crippen LogP contribution in [0.5, 0.6) is 5.75 Å². The van der Waals surface area contributed by atoms with Crippen molar-refractivity contribution in [2.24, 2.45) is 0 Å². The lowest BCUT2D eigenvalue weighted by Gasteiger charge is -2.18. The fourth-order valence-electron chi connectivity index (χ4n) is 2.43. The van der Waals surface area contributed by atoms with Crippen molar-refractivity contribution in [3.8, 4) is 5.75 Å². The molecule has 2 aromatic carbocycles. The monoisotopic (exact) mass is 377 g/mol. The van der Waals surface area contributed by atoms with E-state index in [1.807, 2.05) is 20.8 Å². The molecule has 1 atom stereocenters. The number of rotatable bonds is 8. The van der Waals surface area contributed by atoms with E-state index >= 15 is 0 Å². The van der Waals surface area contributed by atoms with Gasteiger partial charge in [0.05, 0.1) is 23.5 Å². The molecule has 0 bridgehead atoms. The van der Waals surface area contributed by atoms with Crippen LogP contribution < -0.4 is 9.46 Å². The molecule has 0 aliphatic rings. The lowest BCUT2D eigenvalue weighted by atomic mass is 10.0. The topological polar surface area (TPSA) is 92.7 Å². The number of ether oxygens (including phenoxy) is 1. The van der Waals surface area contributed by atoms with E-state index in [1.165, 1.54) is 12.1 Å². The molecule has 0 fully saturated rings. The Kier molecular flexibility index (Phi) is 6.39. The van der Waals surface area contributed by atoms with Gasteiger partial charge < -0.3 is 9.84 Å². The Hall–Kier alpha value is -2.38. The SMILES string of the molecule is Cc1ccc(S(=O)(=O)N[C@H](CC(=O)O)c2ccc(OC(C)C)cc2)cc1. The number of aryl methyl sites for hydroxylation is 1. The average Bonchev–Trinajstić information content (AvgIpc) is 2.54. The van der Waals surface area contributed by atoms with Crippen LogP contribution in [-0.2, 0) is 14.8 Å². The van der Waals surface area contributed by atoms with E-state index in [1.54, 1.807) is 36.4 Å². The molecule has 0 aromatic heterocycles. The van der Waals surface area contributed by atoms with Crippen LogP contribution in [0.4, 0.5) is 0 Å². The summed E-state index contributed by atoms with van der Waals surface area (Å²) in [4.78, 5) is 11.3. The van der Waals surface area contributed by atoms with Crippen molar-refractivity contribution in [2.45, 2.75) is 44.2 Å². The van der Waals surface area contributed by atoms with E-state index in [0.717, 1.165) is 5.56 Å². The summed E-state index contributed by atoms with van der Waals surface area (Å²) in [7, 11) is -3.84. The number of nitrogens with one attached hydrogen (secondary N) is 1. The first-order chi connectivity index (χ1) is 12.2. The molecular weight excluding hydrogens is 354 g/mol. The van der Waals surface area contributed by atoms with Crippen LogP contribution in [0.15, 0.2) is 53.4 Å². The Bertz CT molecular complexity index is 843. The van der Waals surface area contributed by atoms with Gasteiger partial charge in [-0.25, -0.2) is 13.1 Å². The van der Waals surface area contributed by atoms with E-state index in [0.29, 0.717) is 11.3 Å². The maximum atomic E-state index is 12.6. The number of aliphatic carboxylic acids is 1. The largest absolute Gasteiger partial charge is 0.491 e. The zero-order chi connectivity index (χ0) is 19.3. The molecule has 0 heterocycles. The van der Waals surface area contributed by atoms with Gasteiger partial charge in [0.25, 0.3) is 0 Å². The Morgan fingerprint density at radius 1 is 1.08 bits per heavy atom. The molecule has 0 saturated carbocycles. The summed E-state index contributed by atoms with van der Waals surface area (Å²) < 4.78 is 33.2. The molecule has 6 nitrogen and oxygen atoms in total. The van der Waals surface area contributed by atoms with Crippen molar-refractivity contribution in [2.75, 3.05) is 0 Å². The zero-order valence-corrected chi connectivity index (χ0v) is 15.8. The normalized spacial score (nSPS) is 12.8. The number of benzene rings is 2. The smallest absolute Gasteiger partial charge is 0.305 e. The molecule has 0 aliphatic heterocycles. The molecule has 0 amide bonds. The number of carboxylic acid groups (broad SMARTS) is 1. The van der Waals surface area contributed by atoms with Crippen molar-refractivity contribution in [3.63, 3.8) is 0 Å². The second-order valence-corrected chi connectivity index (χ2v) is 8.03. The quantitative estimate of drug-likeness (QED) is 0.736. The number of carboxylic acids is 1. The van der Waals surface area contributed by atoms with Gasteiger partial charge in [-0.3, -0.25) is 4.79 Å². The van der Waals surface area contributed by atoms with Crippen molar-refractivity contribution in [1.29, 1.82) is 0 Å². The molecule has 0 radical (unpaired) electrons. The van der Waals surface area contributed by atoms with Gasteiger partial charge >= 0.3 is 5.97 Å². The van der Waals surface area contributed by atoms with Crippen LogP contribution in [0.25, 0.3) is 0 Å². The van der Waals surface area contributed by atoms with E-state index in [4.69, 9.17) is 9.84 Å². The van der Waals surface area contributed by atoms with Crippen molar-refractivity contribution in [3.05, 3.63) is 59.7 Å². The third-order valence-electron chi connectivity index (χ3n) is 3.66. The summed E-state index contributed by atoms with van der Waals surface area (Å²) in [5, 5.41) is 9.16. The molecule has 2 rings (SSSR count). The molecule has 0 aliphatic carbocycles. The second-order valence-electron chi connectivity index (χ2n) is 6.32. The molecule has 2 aromatic rings. The summed E-state index contributed by atoms with van der Waals surface area (Å²) in [6.45, 7) is 5.66. The van der Waals surface area contributed by atoms with E-state index in [-0.39, 0.29) is 17.4 Å². The molecule has 7 heteroatoms. The summed E-state index contributed by atoms with van der Waals surface area (Å²) in [5.41, 5.74) is 1.49. The minimum Gasteiger partial charge on any atom is -0.491 e. The van der Waals surface area contributed by atoms with Crippen LogP contribution in [0.2, 0.25) is 0 Å². The van der Waals surface area contributed by atoms with Crippen LogP contribution in [-0.4, -0.2) is 25.6 Å². The highest BCUT2D eigenvalue weighted by molar-refractivity contribution is 7.89. The molecule has 0 spiro atoms. The number of sulfonamides is 1. The van der Waals surface area contributed by atoms with Crippen molar-refractivity contribution in [1.82, 2.24) is 4.72 Å². The second kappa shape index (κ2) is 8.33. The third-order valence-corrected chi connectivity index (χ3v) is 5.15. The molecule has 0 saturated heterocycles. The highest BCUT2D eigenvalue weighted by Gasteiger charge is 2.23. The van der Waals surface area contributed by atoms with Gasteiger partial charge in [0, 0.05) is 0 Å². The highest BCUT2D eigenvalue weighted by Crippen LogP contribution is 2.23. The van der Waals surface area contributed by atoms with E-state index in [9.17, 15) is 13.2 Å². The summed E-state index contributed by atoms with van der Waals surface area (Å²) in [6.07, 6.45) is -0.356.